The first-order valence-electron chi connectivity index (χ1n) is 5.17. The summed E-state index contributed by atoms with van der Waals surface area (Å²) in [6.45, 7) is 2.03. The van der Waals surface area contributed by atoms with Crippen LogP contribution in [0.25, 0.3) is 0 Å². The summed E-state index contributed by atoms with van der Waals surface area (Å²) < 4.78 is 0. The second-order valence-electron chi connectivity index (χ2n) is 3.77. The lowest BCUT2D eigenvalue weighted by Gasteiger charge is -2.37. The van der Waals surface area contributed by atoms with Gasteiger partial charge >= 0.3 is 6.09 Å². The molecule has 4 heteroatoms. The molecule has 1 fully saturated rings. The van der Waals surface area contributed by atoms with Crippen LogP contribution >= 0.6 is 0 Å². The van der Waals surface area contributed by atoms with Crippen molar-refractivity contribution in [1.29, 1.82) is 0 Å². The summed E-state index contributed by atoms with van der Waals surface area (Å²) in [4.78, 5) is 23.0. The molecule has 0 radical (unpaired) electrons. The zero-order valence-corrected chi connectivity index (χ0v) is 8.48. The molecule has 80 valence electrons. The topological polar surface area (TPSA) is 57.6 Å². The molecule has 0 aromatic heterocycles. The van der Waals surface area contributed by atoms with Crippen molar-refractivity contribution < 1.29 is 14.7 Å². The zero-order chi connectivity index (χ0) is 10.6. The predicted molar refractivity (Wildman–Crippen MR) is 52.3 cm³/mol. The summed E-state index contributed by atoms with van der Waals surface area (Å²) in [5.41, 5.74) is 0. The Morgan fingerprint density at radius 2 is 2.29 bits per heavy atom. The normalized spacial score (nSPS) is 27.4. The molecule has 1 saturated heterocycles. The Hall–Kier alpha value is -1.06. The smallest absolute Gasteiger partial charge is 0.408 e. The number of piperidine rings is 1. The van der Waals surface area contributed by atoms with Crippen LogP contribution in [0.15, 0.2) is 0 Å². The Labute approximate surface area is 83.9 Å². The van der Waals surface area contributed by atoms with Gasteiger partial charge in [0.1, 0.15) is 6.29 Å². The van der Waals surface area contributed by atoms with Gasteiger partial charge in [-0.3, -0.25) is 4.90 Å². The van der Waals surface area contributed by atoms with Gasteiger partial charge in [-0.15, -0.1) is 0 Å². The molecule has 2 atom stereocenters. The minimum absolute atomic E-state index is 0.0430. The maximum Gasteiger partial charge on any atom is 0.408 e. The Balaban J connectivity index is 2.72. The Morgan fingerprint density at radius 3 is 2.79 bits per heavy atom. The van der Waals surface area contributed by atoms with Crippen LogP contribution in [0, 0.1) is 0 Å². The van der Waals surface area contributed by atoms with Crippen molar-refractivity contribution in [2.24, 2.45) is 0 Å². The number of amides is 1. The Bertz CT molecular complexity index is 215. The van der Waals surface area contributed by atoms with Crippen LogP contribution in [-0.2, 0) is 4.79 Å². The number of hydrogen-bond donors (Lipinski definition) is 1. The van der Waals surface area contributed by atoms with Gasteiger partial charge < -0.3 is 9.90 Å². The fraction of sp³-hybridized carbons (Fsp3) is 0.800. The molecule has 0 bridgehead atoms. The highest BCUT2D eigenvalue weighted by atomic mass is 16.4. The van der Waals surface area contributed by atoms with E-state index in [0.717, 1.165) is 32.0 Å². The minimum Gasteiger partial charge on any atom is -0.465 e. The van der Waals surface area contributed by atoms with Gasteiger partial charge in [0.05, 0.1) is 6.04 Å². The van der Waals surface area contributed by atoms with E-state index in [0.29, 0.717) is 6.42 Å². The van der Waals surface area contributed by atoms with E-state index in [4.69, 9.17) is 5.11 Å². The standard InChI is InChI=1S/C10H17NO3/c1-2-4-8-5-3-6-9(7-12)11(8)10(13)14/h7-9H,2-6H2,1H3,(H,13,14)/t8-,9-/m1/s1. The zero-order valence-electron chi connectivity index (χ0n) is 8.48. The first kappa shape index (κ1) is 11.0. The van der Waals surface area contributed by atoms with Crippen molar-refractivity contribution in [2.45, 2.75) is 51.1 Å². The number of carbonyl (C=O) groups excluding carboxylic acids is 1. The van der Waals surface area contributed by atoms with E-state index in [-0.39, 0.29) is 6.04 Å². The summed E-state index contributed by atoms with van der Waals surface area (Å²) >= 11 is 0. The van der Waals surface area contributed by atoms with Crippen molar-refractivity contribution in [3.8, 4) is 0 Å². The molecule has 1 amide bonds. The molecule has 4 nitrogen and oxygen atoms in total. The molecular weight excluding hydrogens is 182 g/mol. The summed E-state index contributed by atoms with van der Waals surface area (Å²) in [5.74, 6) is 0. The molecule has 0 saturated carbocycles. The van der Waals surface area contributed by atoms with Crippen LogP contribution in [0.3, 0.4) is 0 Å². The highest BCUT2D eigenvalue weighted by molar-refractivity contribution is 5.72. The molecule has 1 rings (SSSR count). The highest BCUT2D eigenvalue weighted by Gasteiger charge is 2.33. The quantitative estimate of drug-likeness (QED) is 0.706. The van der Waals surface area contributed by atoms with Crippen LogP contribution < -0.4 is 0 Å². The number of hydrogen-bond acceptors (Lipinski definition) is 2. The summed E-state index contributed by atoms with van der Waals surface area (Å²) in [6, 6.07) is -0.376. The van der Waals surface area contributed by atoms with Gasteiger partial charge in [0.15, 0.2) is 0 Å². The van der Waals surface area contributed by atoms with E-state index >= 15 is 0 Å². The van der Waals surface area contributed by atoms with Crippen molar-refractivity contribution in [2.75, 3.05) is 0 Å². The Morgan fingerprint density at radius 1 is 1.57 bits per heavy atom. The van der Waals surface area contributed by atoms with Gasteiger partial charge in [-0.2, -0.15) is 0 Å². The molecule has 1 heterocycles. The lowest BCUT2D eigenvalue weighted by Crippen LogP contribution is -2.50. The molecule has 1 N–H and O–H groups in total. The number of carbonyl (C=O) groups is 2. The van der Waals surface area contributed by atoms with Gasteiger partial charge in [0, 0.05) is 6.04 Å². The molecule has 1 aliphatic heterocycles. The van der Waals surface area contributed by atoms with E-state index in [9.17, 15) is 9.59 Å². The number of nitrogens with zero attached hydrogens (tertiary/aromatic N) is 1. The Kier molecular flexibility index (Phi) is 3.92. The predicted octanol–water partition coefficient (Wildman–Crippen LogP) is 1.89. The average Bonchev–Trinajstić information content (AvgIpc) is 2.17. The van der Waals surface area contributed by atoms with Crippen LogP contribution in [0.5, 0.6) is 0 Å². The van der Waals surface area contributed by atoms with E-state index in [2.05, 4.69) is 0 Å². The van der Waals surface area contributed by atoms with Crippen molar-refractivity contribution in [1.82, 2.24) is 4.90 Å². The largest absolute Gasteiger partial charge is 0.465 e. The van der Waals surface area contributed by atoms with E-state index < -0.39 is 12.1 Å². The van der Waals surface area contributed by atoms with Crippen molar-refractivity contribution in [3.63, 3.8) is 0 Å². The van der Waals surface area contributed by atoms with Gasteiger partial charge in [-0.25, -0.2) is 4.79 Å². The monoisotopic (exact) mass is 199 g/mol. The summed E-state index contributed by atoms with van der Waals surface area (Å²) in [7, 11) is 0. The third kappa shape index (κ3) is 2.25. The minimum atomic E-state index is -0.958. The first-order valence-corrected chi connectivity index (χ1v) is 5.17. The molecule has 0 unspecified atom stereocenters. The molecule has 0 aliphatic carbocycles. The summed E-state index contributed by atoms with van der Waals surface area (Å²) in [6.07, 6.45) is 4.14. The van der Waals surface area contributed by atoms with E-state index in [1.165, 1.54) is 4.90 Å². The van der Waals surface area contributed by atoms with Crippen LogP contribution in [0.4, 0.5) is 4.79 Å². The number of likely N-dealkylation sites (tertiary alicyclic amines) is 1. The van der Waals surface area contributed by atoms with Gasteiger partial charge in [0.2, 0.25) is 0 Å². The van der Waals surface area contributed by atoms with Crippen LogP contribution in [-0.4, -0.2) is 34.5 Å². The van der Waals surface area contributed by atoms with Crippen molar-refractivity contribution in [3.05, 3.63) is 0 Å². The lowest BCUT2D eigenvalue weighted by molar-refractivity contribution is -0.114. The van der Waals surface area contributed by atoms with Gasteiger partial charge in [0.25, 0.3) is 0 Å². The fourth-order valence-electron chi connectivity index (χ4n) is 2.16. The van der Waals surface area contributed by atoms with Gasteiger partial charge in [-0.1, -0.05) is 13.3 Å². The second kappa shape index (κ2) is 4.98. The van der Waals surface area contributed by atoms with Crippen LogP contribution in [0.2, 0.25) is 0 Å². The van der Waals surface area contributed by atoms with Crippen LogP contribution in [0.1, 0.15) is 39.0 Å². The molecule has 1 aliphatic rings. The third-order valence-corrected chi connectivity index (χ3v) is 2.79. The van der Waals surface area contributed by atoms with E-state index in [1.54, 1.807) is 0 Å². The molecule has 0 spiro atoms. The van der Waals surface area contributed by atoms with Crippen molar-refractivity contribution >= 4 is 12.4 Å². The molecular formula is C10H17NO3. The highest BCUT2D eigenvalue weighted by Crippen LogP contribution is 2.24. The molecule has 14 heavy (non-hydrogen) atoms. The SMILES string of the molecule is CCC[C@@H]1CCC[C@H](C=O)N1C(=O)O. The maximum atomic E-state index is 11.0. The van der Waals surface area contributed by atoms with Gasteiger partial charge in [-0.05, 0) is 25.7 Å². The first-order chi connectivity index (χ1) is 6.70. The average molecular weight is 199 g/mol. The van der Waals surface area contributed by atoms with E-state index in [1.807, 2.05) is 6.92 Å². The molecule has 0 aromatic carbocycles. The fourth-order valence-corrected chi connectivity index (χ4v) is 2.16. The number of carboxylic acid groups (broad SMARTS) is 1. The number of rotatable bonds is 3. The maximum absolute atomic E-state index is 11.0. The lowest BCUT2D eigenvalue weighted by atomic mass is 9.94. The second-order valence-corrected chi connectivity index (χ2v) is 3.77. The number of aldehydes is 1. The molecule has 0 aromatic rings. The third-order valence-electron chi connectivity index (χ3n) is 2.79. The summed E-state index contributed by atoms with van der Waals surface area (Å²) in [5, 5.41) is 9.00.